The van der Waals surface area contributed by atoms with Crippen LogP contribution in [0, 0.1) is 5.41 Å². The van der Waals surface area contributed by atoms with Crippen LogP contribution in [0.25, 0.3) is 0 Å². The van der Waals surface area contributed by atoms with Gasteiger partial charge in [0.05, 0.1) is 0 Å². The van der Waals surface area contributed by atoms with E-state index < -0.39 is 0 Å². The van der Waals surface area contributed by atoms with Gasteiger partial charge in [0.15, 0.2) is 0 Å². The van der Waals surface area contributed by atoms with Crippen LogP contribution in [0.1, 0.15) is 41.0 Å². The van der Waals surface area contributed by atoms with Crippen molar-refractivity contribution in [2.45, 2.75) is 47.1 Å². The predicted molar refractivity (Wildman–Crippen MR) is 54.4 cm³/mol. The molecule has 0 amide bonds. The molecule has 0 radical (unpaired) electrons. The topological polar surface area (TPSA) is 26.3 Å². The van der Waals surface area contributed by atoms with Crippen LogP contribution in [-0.2, 0) is 9.53 Å². The van der Waals surface area contributed by atoms with Gasteiger partial charge >= 0.3 is 5.97 Å². The van der Waals surface area contributed by atoms with Gasteiger partial charge in [0.2, 0.25) is 0 Å². The number of carbonyl (C=O) groups excluding carboxylic acids is 1. The summed E-state index contributed by atoms with van der Waals surface area (Å²) in [4.78, 5) is 11.2. The fourth-order valence-corrected chi connectivity index (χ4v) is 1.10. The Balaban J connectivity index is 4.31. The van der Waals surface area contributed by atoms with Crippen molar-refractivity contribution in [1.29, 1.82) is 0 Å². The molecule has 0 aromatic carbocycles. The molecule has 0 aliphatic carbocycles. The Kier molecular flexibility index (Phi) is 4.18. The van der Waals surface area contributed by atoms with Crippen LogP contribution in [0.15, 0.2) is 12.2 Å². The van der Waals surface area contributed by atoms with Gasteiger partial charge in [0, 0.05) is 5.57 Å². The maximum absolute atomic E-state index is 11.2. The van der Waals surface area contributed by atoms with Crippen molar-refractivity contribution in [3.63, 3.8) is 0 Å². The lowest BCUT2D eigenvalue weighted by Gasteiger charge is -2.29. The van der Waals surface area contributed by atoms with Crippen LogP contribution in [0.2, 0.25) is 0 Å². The van der Waals surface area contributed by atoms with Crippen LogP contribution in [0.5, 0.6) is 0 Å². The number of hydrogen-bond donors (Lipinski definition) is 0. The van der Waals surface area contributed by atoms with Gasteiger partial charge in [-0.05, 0) is 18.8 Å². The summed E-state index contributed by atoms with van der Waals surface area (Å²) in [6.45, 7) is 13.4. The standard InChI is InChI=1S/C11H20O2/c1-7-9(11(4,5)6)13-10(12)8(2)3/h9H,2,7H2,1,3-6H3. The minimum Gasteiger partial charge on any atom is -0.458 e. The summed E-state index contributed by atoms with van der Waals surface area (Å²) in [7, 11) is 0. The molecule has 1 atom stereocenters. The Morgan fingerprint density at radius 1 is 1.46 bits per heavy atom. The lowest BCUT2D eigenvalue weighted by atomic mass is 9.87. The van der Waals surface area contributed by atoms with Crippen molar-refractivity contribution in [1.82, 2.24) is 0 Å². The highest BCUT2D eigenvalue weighted by Gasteiger charge is 2.26. The third-order valence-electron chi connectivity index (χ3n) is 1.93. The van der Waals surface area contributed by atoms with Crippen LogP contribution in [0.4, 0.5) is 0 Å². The number of ether oxygens (including phenoxy) is 1. The number of esters is 1. The normalized spacial score (nSPS) is 13.6. The maximum Gasteiger partial charge on any atom is 0.333 e. The molecular weight excluding hydrogens is 164 g/mol. The van der Waals surface area contributed by atoms with Crippen LogP contribution < -0.4 is 0 Å². The highest BCUT2D eigenvalue weighted by atomic mass is 16.5. The molecule has 2 nitrogen and oxygen atoms in total. The first-order chi connectivity index (χ1) is 5.79. The Morgan fingerprint density at radius 2 is 1.92 bits per heavy atom. The highest BCUT2D eigenvalue weighted by molar-refractivity contribution is 5.87. The highest BCUT2D eigenvalue weighted by Crippen LogP contribution is 2.25. The smallest absolute Gasteiger partial charge is 0.333 e. The minimum absolute atomic E-state index is 0.000139. The minimum atomic E-state index is -0.290. The Morgan fingerprint density at radius 3 is 2.15 bits per heavy atom. The van der Waals surface area contributed by atoms with Crippen molar-refractivity contribution in [2.75, 3.05) is 0 Å². The van der Waals surface area contributed by atoms with E-state index in [0.717, 1.165) is 6.42 Å². The molecule has 0 N–H and O–H groups in total. The van der Waals surface area contributed by atoms with Gasteiger partial charge in [-0.25, -0.2) is 4.79 Å². The van der Waals surface area contributed by atoms with Crippen LogP contribution >= 0.6 is 0 Å². The quantitative estimate of drug-likeness (QED) is 0.498. The first-order valence-electron chi connectivity index (χ1n) is 4.65. The zero-order valence-corrected chi connectivity index (χ0v) is 9.31. The molecule has 0 bridgehead atoms. The van der Waals surface area contributed by atoms with Crippen molar-refractivity contribution in [2.24, 2.45) is 5.41 Å². The van der Waals surface area contributed by atoms with Crippen molar-refractivity contribution in [3.05, 3.63) is 12.2 Å². The fourth-order valence-electron chi connectivity index (χ4n) is 1.10. The molecule has 0 aromatic rings. The number of hydrogen-bond acceptors (Lipinski definition) is 2. The summed E-state index contributed by atoms with van der Waals surface area (Å²) in [6, 6.07) is 0. The van der Waals surface area contributed by atoms with E-state index in [-0.39, 0.29) is 17.5 Å². The fraction of sp³-hybridized carbons (Fsp3) is 0.727. The summed E-state index contributed by atoms with van der Waals surface area (Å²) < 4.78 is 5.29. The Labute approximate surface area is 81.0 Å². The molecule has 0 aliphatic heterocycles. The molecule has 0 heterocycles. The van der Waals surface area contributed by atoms with E-state index in [1.807, 2.05) is 6.92 Å². The van der Waals surface area contributed by atoms with E-state index in [2.05, 4.69) is 27.4 Å². The van der Waals surface area contributed by atoms with Gasteiger partial charge in [-0.3, -0.25) is 0 Å². The van der Waals surface area contributed by atoms with Crippen molar-refractivity contribution >= 4 is 5.97 Å². The van der Waals surface area contributed by atoms with Gasteiger partial charge in [-0.1, -0.05) is 34.3 Å². The molecule has 0 aliphatic rings. The monoisotopic (exact) mass is 184 g/mol. The molecule has 0 spiro atoms. The Bertz CT molecular complexity index is 199. The Hall–Kier alpha value is -0.790. The largest absolute Gasteiger partial charge is 0.458 e. The van der Waals surface area contributed by atoms with Gasteiger partial charge < -0.3 is 4.74 Å². The van der Waals surface area contributed by atoms with E-state index in [1.165, 1.54) is 0 Å². The van der Waals surface area contributed by atoms with Crippen molar-refractivity contribution in [3.8, 4) is 0 Å². The van der Waals surface area contributed by atoms with E-state index in [9.17, 15) is 4.79 Å². The van der Waals surface area contributed by atoms with E-state index in [1.54, 1.807) is 6.92 Å². The van der Waals surface area contributed by atoms with E-state index in [4.69, 9.17) is 4.74 Å². The van der Waals surface area contributed by atoms with Gasteiger partial charge in [-0.15, -0.1) is 0 Å². The zero-order valence-electron chi connectivity index (χ0n) is 9.31. The summed E-state index contributed by atoms with van der Waals surface area (Å²) >= 11 is 0. The average Bonchev–Trinajstić information content (AvgIpc) is 1.96. The van der Waals surface area contributed by atoms with E-state index in [0.29, 0.717) is 5.57 Å². The lowest BCUT2D eigenvalue weighted by molar-refractivity contribution is -0.149. The molecule has 0 rings (SSSR count). The second kappa shape index (κ2) is 4.45. The maximum atomic E-state index is 11.2. The number of carbonyl (C=O) groups is 1. The van der Waals surface area contributed by atoms with E-state index >= 15 is 0 Å². The molecule has 0 saturated heterocycles. The first kappa shape index (κ1) is 12.2. The molecule has 0 fully saturated rings. The molecular formula is C11H20O2. The predicted octanol–water partition coefficient (Wildman–Crippen LogP) is 2.93. The summed E-state index contributed by atoms with van der Waals surface area (Å²) in [5.74, 6) is -0.290. The molecule has 76 valence electrons. The summed E-state index contributed by atoms with van der Waals surface area (Å²) in [5, 5.41) is 0. The second-order valence-electron chi connectivity index (χ2n) is 4.45. The first-order valence-corrected chi connectivity index (χ1v) is 4.65. The molecule has 0 aromatic heterocycles. The molecule has 1 unspecified atom stereocenters. The van der Waals surface area contributed by atoms with Gasteiger partial charge in [-0.2, -0.15) is 0 Å². The lowest BCUT2D eigenvalue weighted by Crippen LogP contribution is -2.31. The van der Waals surface area contributed by atoms with Crippen molar-refractivity contribution < 1.29 is 9.53 Å². The molecule has 13 heavy (non-hydrogen) atoms. The average molecular weight is 184 g/mol. The molecule has 2 heteroatoms. The number of rotatable bonds is 3. The summed E-state index contributed by atoms with van der Waals surface area (Å²) in [5.41, 5.74) is 0.461. The summed E-state index contributed by atoms with van der Waals surface area (Å²) in [6.07, 6.45) is 0.805. The molecule has 0 saturated carbocycles. The van der Waals surface area contributed by atoms with Gasteiger partial charge in [0.25, 0.3) is 0 Å². The third kappa shape index (κ3) is 4.11. The zero-order chi connectivity index (χ0) is 10.6. The van der Waals surface area contributed by atoms with Gasteiger partial charge in [0.1, 0.15) is 6.10 Å². The SMILES string of the molecule is C=C(C)C(=O)OC(CC)C(C)(C)C. The third-order valence-corrected chi connectivity index (χ3v) is 1.93. The van der Waals surface area contributed by atoms with Crippen LogP contribution in [-0.4, -0.2) is 12.1 Å². The van der Waals surface area contributed by atoms with Crippen LogP contribution in [0.3, 0.4) is 0 Å². The second-order valence-corrected chi connectivity index (χ2v) is 4.45.